The van der Waals surface area contributed by atoms with Gasteiger partial charge < -0.3 is 4.90 Å². The molecule has 1 N–H and O–H groups in total. The molecule has 3 aromatic heterocycles. The van der Waals surface area contributed by atoms with E-state index in [9.17, 15) is 9.59 Å². The van der Waals surface area contributed by atoms with Gasteiger partial charge in [0.1, 0.15) is 0 Å². The standard InChI is InChI=1S/C17H17N5O2/c1-11-8-16(23)22-15(19-11)9-13(20-22)14-5-3-7-21(14)17(24)12-4-2-6-18-10-12/h2,4,6,8-10,14,20H,3,5,7H2,1H3/t14-/m1/s1. The van der Waals surface area contributed by atoms with Crippen molar-refractivity contribution in [3.05, 3.63) is 64.0 Å². The Hall–Kier alpha value is -2.96. The van der Waals surface area contributed by atoms with Gasteiger partial charge in [-0.05, 0) is 31.9 Å². The summed E-state index contributed by atoms with van der Waals surface area (Å²) < 4.78 is 1.42. The zero-order valence-electron chi connectivity index (χ0n) is 13.3. The third-order valence-corrected chi connectivity index (χ3v) is 4.38. The van der Waals surface area contributed by atoms with Gasteiger partial charge in [-0.15, -0.1) is 0 Å². The number of likely N-dealkylation sites (tertiary alicyclic amines) is 1. The number of pyridine rings is 1. The van der Waals surface area contributed by atoms with Crippen LogP contribution < -0.4 is 5.56 Å². The summed E-state index contributed by atoms with van der Waals surface area (Å²) in [5.74, 6) is -0.0410. The van der Waals surface area contributed by atoms with Gasteiger partial charge in [0.15, 0.2) is 5.65 Å². The SMILES string of the molecule is Cc1cc(=O)n2[nH]c([C@H]3CCCN3C(=O)c3cccnc3)cc2n1. The number of aromatic amines is 1. The first-order valence-corrected chi connectivity index (χ1v) is 7.94. The van der Waals surface area contributed by atoms with Crippen molar-refractivity contribution in [2.24, 2.45) is 0 Å². The Morgan fingerprint density at radius 2 is 2.25 bits per heavy atom. The zero-order valence-corrected chi connectivity index (χ0v) is 13.3. The average molecular weight is 323 g/mol. The maximum absolute atomic E-state index is 12.8. The van der Waals surface area contributed by atoms with Crippen LogP contribution in [0.15, 0.2) is 41.5 Å². The first-order valence-electron chi connectivity index (χ1n) is 7.94. The second kappa shape index (κ2) is 5.59. The van der Waals surface area contributed by atoms with Crippen molar-refractivity contribution in [2.45, 2.75) is 25.8 Å². The lowest BCUT2D eigenvalue weighted by molar-refractivity contribution is 0.0732. The molecule has 1 amide bonds. The number of hydrogen-bond donors (Lipinski definition) is 1. The molecule has 4 heterocycles. The van der Waals surface area contributed by atoms with Gasteiger partial charge in [-0.1, -0.05) is 0 Å². The highest BCUT2D eigenvalue weighted by Gasteiger charge is 2.32. The largest absolute Gasteiger partial charge is 0.330 e. The smallest absolute Gasteiger partial charge is 0.272 e. The molecule has 0 radical (unpaired) electrons. The van der Waals surface area contributed by atoms with Gasteiger partial charge in [0.25, 0.3) is 11.5 Å². The third kappa shape index (κ3) is 2.38. The summed E-state index contributed by atoms with van der Waals surface area (Å²) in [5.41, 5.74) is 2.52. The van der Waals surface area contributed by atoms with Crippen molar-refractivity contribution in [1.29, 1.82) is 0 Å². The quantitative estimate of drug-likeness (QED) is 0.778. The van der Waals surface area contributed by atoms with Gasteiger partial charge in [0.2, 0.25) is 0 Å². The van der Waals surface area contributed by atoms with E-state index in [1.165, 1.54) is 10.6 Å². The molecule has 0 aromatic carbocycles. The number of hydrogen-bond acceptors (Lipinski definition) is 4. The normalized spacial score (nSPS) is 17.5. The molecular weight excluding hydrogens is 306 g/mol. The lowest BCUT2D eigenvalue weighted by atomic mass is 10.1. The minimum absolute atomic E-state index is 0.0410. The predicted molar refractivity (Wildman–Crippen MR) is 87.8 cm³/mol. The van der Waals surface area contributed by atoms with Crippen LogP contribution in [0.4, 0.5) is 0 Å². The Kier molecular flexibility index (Phi) is 3.41. The van der Waals surface area contributed by atoms with E-state index in [4.69, 9.17) is 0 Å². The number of nitrogens with zero attached hydrogens (tertiary/aromatic N) is 4. The van der Waals surface area contributed by atoms with Crippen LogP contribution in [0.3, 0.4) is 0 Å². The minimum atomic E-state index is -0.146. The molecule has 0 aliphatic carbocycles. The van der Waals surface area contributed by atoms with Gasteiger partial charge in [-0.2, -0.15) is 0 Å². The topological polar surface area (TPSA) is 83.4 Å². The Balaban J connectivity index is 1.72. The van der Waals surface area contributed by atoms with Gasteiger partial charge >= 0.3 is 0 Å². The molecule has 1 aliphatic heterocycles. The fourth-order valence-corrected chi connectivity index (χ4v) is 3.29. The number of rotatable bonds is 2. The summed E-state index contributed by atoms with van der Waals surface area (Å²) in [6.07, 6.45) is 5.01. The molecule has 1 saturated heterocycles. The van der Waals surface area contributed by atoms with Crippen LogP contribution in [0, 0.1) is 6.92 Å². The summed E-state index contributed by atoms with van der Waals surface area (Å²) in [6.45, 7) is 2.48. The van der Waals surface area contributed by atoms with Crippen LogP contribution in [-0.4, -0.2) is 36.9 Å². The van der Waals surface area contributed by atoms with Crippen LogP contribution in [0.2, 0.25) is 0 Å². The molecule has 0 spiro atoms. The van der Waals surface area contributed by atoms with E-state index < -0.39 is 0 Å². The Morgan fingerprint density at radius 1 is 1.38 bits per heavy atom. The van der Waals surface area contributed by atoms with Gasteiger partial charge in [0.05, 0.1) is 17.3 Å². The number of amides is 1. The molecule has 4 rings (SSSR count). The Bertz CT molecular complexity index is 960. The second-order valence-electron chi connectivity index (χ2n) is 6.04. The van der Waals surface area contributed by atoms with Crippen LogP contribution in [0.1, 0.15) is 40.6 Å². The number of fused-ring (bicyclic) bond motifs is 1. The van der Waals surface area contributed by atoms with Gasteiger partial charge in [-0.25, -0.2) is 9.50 Å². The van der Waals surface area contributed by atoms with E-state index >= 15 is 0 Å². The molecule has 1 fully saturated rings. The number of carbonyl (C=O) groups excluding carboxylic acids is 1. The number of nitrogens with one attached hydrogen (secondary N) is 1. The monoisotopic (exact) mass is 323 g/mol. The molecule has 0 saturated carbocycles. The van der Waals surface area contributed by atoms with Crippen LogP contribution in [0.5, 0.6) is 0 Å². The summed E-state index contributed by atoms with van der Waals surface area (Å²) >= 11 is 0. The van der Waals surface area contributed by atoms with E-state index in [1.807, 2.05) is 11.0 Å². The molecule has 7 nitrogen and oxygen atoms in total. The van der Waals surface area contributed by atoms with E-state index in [-0.39, 0.29) is 17.5 Å². The Morgan fingerprint density at radius 3 is 3.04 bits per heavy atom. The highest BCUT2D eigenvalue weighted by Crippen LogP contribution is 2.32. The number of H-pyrrole nitrogens is 1. The van der Waals surface area contributed by atoms with Crippen molar-refractivity contribution >= 4 is 11.6 Å². The lowest BCUT2D eigenvalue weighted by Gasteiger charge is -2.23. The Labute approximate surface area is 138 Å². The van der Waals surface area contributed by atoms with Gasteiger partial charge in [-0.3, -0.25) is 19.7 Å². The summed E-state index contributed by atoms with van der Waals surface area (Å²) in [6, 6.07) is 6.78. The number of carbonyl (C=O) groups is 1. The molecule has 1 atom stereocenters. The number of aromatic nitrogens is 4. The summed E-state index contributed by atoms with van der Waals surface area (Å²) in [7, 11) is 0. The van der Waals surface area contributed by atoms with E-state index in [0.29, 0.717) is 23.4 Å². The first kappa shape index (κ1) is 14.6. The minimum Gasteiger partial charge on any atom is -0.330 e. The molecule has 7 heteroatoms. The van der Waals surface area contributed by atoms with Crippen molar-refractivity contribution in [3.8, 4) is 0 Å². The molecule has 0 unspecified atom stereocenters. The molecule has 1 aliphatic rings. The second-order valence-corrected chi connectivity index (χ2v) is 6.04. The van der Waals surface area contributed by atoms with Crippen LogP contribution in [-0.2, 0) is 0 Å². The molecule has 24 heavy (non-hydrogen) atoms. The van der Waals surface area contributed by atoms with Crippen LogP contribution in [0.25, 0.3) is 5.65 Å². The fraction of sp³-hybridized carbons (Fsp3) is 0.294. The van der Waals surface area contributed by atoms with Gasteiger partial charge in [0, 0.05) is 36.8 Å². The predicted octanol–water partition coefficient (Wildman–Crippen LogP) is 1.70. The van der Waals surface area contributed by atoms with Crippen molar-refractivity contribution < 1.29 is 4.79 Å². The van der Waals surface area contributed by atoms with E-state index in [1.54, 1.807) is 31.5 Å². The van der Waals surface area contributed by atoms with Crippen LogP contribution >= 0.6 is 0 Å². The van der Waals surface area contributed by atoms with E-state index in [0.717, 1.165) is 18.5 Å². The lowest BCUT2D eigenvalue weighted by Crippen LogP contribution is -2.31. The molecule has 0 bridgehead atoms. The zero-order chi connectivity index (χ0) is 16.7. The summed E-state index contributed by atoms with van der Waals surface area (Å²) in [5, 5.41) is 3.10. The number of aryl methyl sites for hydroxylation is 1. The van der Waals surface area contributed by atoms with Crippen molar-refractivity contribution in [1.82, 2.24) is 24.5 Å². The highest BCUT2D eigenvalue weighted by atomic mass is 16.2. The highest BCUT2D eigenvalue weighted by molar-refractivity contribution is 5.94. The van der Waals surface area contributed by atoms with Crippen molar-refractivity contribution in [2.75, 3.05) is 6.54 Å². The molecule has 3 aromatic rings. The maximum Gasteiger partial charge on any atom is 0.272 e. The summed E-state index contributed by atoms with van der Waals surface area (Å²) in [4.78, 5) is 35.1. The molecule has 122 valence electrons. The fourth-order valence-electron chi connectivity index (χ4n) is 3.29. The van der Waals surface area contributed by atoms with Crippen molar-refractivity contribution in [3.63, 3.8) is 0 Å². The van der Waals surface area contributed by atoms with E-state index in [2.05, 4.69) is 15.1 Å². The average Bonchev–Trinajstić information content (AvgIpc) is 3.21. The third-order valence-electron chi connectivity index (χ3n) is 4.38. The molecular formula is C17H17N5O2. The maximum atomic E-state index is 12.8. The first-order chi connectivity index (χ1) is 11.6.